The summed E-state index contributed by atoms with van der Waals surface area (Å²) in [5, 5.41) is 3.25. The van der Waals surface area contributed by atoms with Gasteiger partial charge in [-0.2, -0.15) is 13.2 Å². The van der Waals surface area contributed by atoms with Crippen LogP contribution in [0.5, 0.6) is 0 Å². The highest BCUT2D eigenvalue weighted by atomic mass is 32.1. The summed E-state index contributed by atoms with van der Waals surface area (Å²) in [4.78, 5) is 2.24. The van der Waals surface area contributed by atoms with Crippen LogP contribution in [0.25, 0.3) is 0 Å². The Hall–Kier alpha value is -0.590. The second-order valence-electron chi connectivity index (χ2n) is 6.09. The van der Waals surface area contributed by atoms with Crippen LogP contribution in [0.3, 0.4) is 0 Å². The Morgan fingerprint density at radius 2 is 1.90 bits per heavy atom. The second-order valence-corrected chi connectivity index (χ2v) is 7.20. The average Bonchev–Trinajstić information content (AvgIpc) is 2.81. The van der Waals surface area contributed by atoms with Gasteiger partial charge < -0.3 is 10.1 Å². The molecule has 1 atom stereocenters. The fourth-order valence-corrected chi connectivity index (χ4v) is 2.92. The molecular weight excluding hydrogens is 299 g/mol. The van der Waals surface area contributed by atoms with Gasteiger partial charge in [0.1, 0.15) is 6.61 Å². The minimum atomic E-state index is -4.28. The quantitative estimate of drug-likeness (QED) is 0.787. The van der Waals surface area contributed by atoms with Crippen LogP contribution < -0.4 is 5.32 Å². The van der Waals surface area contributed by atoms with Crippen LogP contribution in [0.4, 0.5) is 13.2 Å². The lowest BCUT2D eigenvalue weighted by atomic mass is 9.95. The third-order valence-corrected chi connectivity index (χ3v) is 4.53. The first-order valence-electron chi connectivity index (χ1n) is 7.11. The molecule has 0 aliphatic carbocycles. The van der Waals surface area contributed by atoms with E-state index in [4.69, 9.17) is 4.74 Å². The van der Waals surface area contributed by atoms with Gasteiger partial charge in [-0.15, -0.1) is 11.3 Å². The largest absolute Gasteiger partial charge is 0.411 e. The van der Waals surface area contributed by atoms with Crippen LogP contribution in [0.15, 0.2) is 12.1 Å². The van der Waals surface area contributed by atoms with Gasteiger partial charge in [-0.1, -0.05) is 27.7 Å². The summed E-state index contributed by atoms with van der Waals surface area (Å²) in [6.45, 7) is 7.97. The molecule has 0 aliphatic heterocycles. The van der Waals surface area contributed by atoms with Gasteiger partial charge in [-0.05, 0) is 30.5 Å². The van der Waals surface area contributed by atoms with Crippen molar-refractivity contribution < 1.29 is 17.9 Å². The molecule has 0 radical (unpaired) electrons. The van der Waals surface area contributed by atoms with E-state index < -0.39 is 12.8 Å². The van der Waals surface area contributed by atoms with Crippen molar-refractivity contribution in [2.24, 2.45) is 0 Å². The van der Waals surface area contributed by atoms with Gasteiger partial charge in [0.25, 0.3) is 0 Å². The lowest BCUT2D eigenvalue weighted by molar-refractivity contribution is -0.175. The average molecular weight is 323 g/mol. The Balaban J connectivity index is 2.70. The van der Waals surface area contributed by atoms with Crippen molar-refractivity contribution in [1.82, 2.24) is 5.32 Å². The van der Waals surface area contributed by atoms with Crippen LogP contribution in [0, 0.1) is 0 Å². The zero-order chi connectivity index (χ0) is 16.1. The van der Waals surface area contributed by atoms with E-state index in [-0.39, 0.29) is 18.1 Å². The first kappa shape index (κ1) is 18.5. The number of rotatable bonds is 7. The molecule has 1 aromatic heterocycles. The molecule has 0 aromatic carbocycles. The Bertz CT molecular complexity index is 423. The Morgan fingerprint density at radius 1 is 1.24 bits per heavy atom. The summed E-state index contributed by atoms with van der Waals surface area (Å²) in [5.74, 6) is 0. The summed E-state index contributed by atoms with van der Waals surface area (Å²) >= 11 is 1.63. The molecule has 0 saturated heterocycles. The predicted octanol–water partition coefficient (Wildman–Crippen LogP) is 4.67. The van der Waals surface area contributed by atoms with Gasteiger partial charge in [-0.3, -0.25) is 0 Å². The van der Waals surface area contributed by atoms with E-state index >= 15 is 0 Å². The molecule has 0 saturated carbocycles. The van der Waals surface area contributed by atoms with Crippen molar-refractivity contribution in [2.45, 2.75) is 51.7 Å². The molecule has 0 fully saturated rings. The molecule has 1 aromatic rings. The zero-order valence-electron chi connectivity index (χ0n) is 13.0. The highest BCUT2D eigenvalue weighted by Gasteiger charge is 2.28. The van der Waals surface area contributed by atoms with Crippen molar-refractivity contribution in [3.05, 3.63) is 21.9 Å². The minimum Gasteiger partial charge on any atom is -0.370 e. The van der Waals surface area contributed by atoms with Gasteiger partial charge in [0.2, 0.25) is 0 Å². The zero-order valence-corrected chi connectivity index (χ0v) is 13.8. The molecule has 1 unspecified atom stereocenters. The maximum absolute atomic E-state index is 12.2. The van der Waals surface area contributed by atoms with Crippen molar-refractivity contribution in [3.63, 3.8) is 0 Å². The monoisotopic (exact) mass is 323 g/mol. The van der Waals surface area contributed by atoms with E-state index in [2.05, 4.69) is 26.1 Å². The maximum atomic E-state index is 12.2. The van der Waals surface area contributed by atoms with Crippen LogP contribution in [-0.2, 0) is 10.2 Å². The number of nitrogens with one attached hydrogen (secondary N) is 1. The highest BCUT2D eigenvalue weighted by Crippen LogP contribution is 2.32. The molecule has 1 heterocycles. The second kappa shape index (κ2) is 7.61. The molecule has 0 amide bonds. The topological polar surface area (TPSA) is 21.3 Å². The first-order chi connectivity index (χ1) is 9.63. The number of halogens is 3. The standard InChI is InChI=1S/C15H24F3NOS/c1-5-8-19-11(9-20-10-15(16,17)18)12-6-7-13(21-12)14(2,3)4/h6-7,11,19H,5,8-10H2,1-4H3. The highest BCUT2D eigenvalue weighted by molar-refractivity contribution is 7.12. The Morgan fingerprint density at radius 3 is 2.38 bits per heavy atom. The first-order valence-corrected chi connectivity index (χ1v) is 7.93. The lowest BCUT2D eigenvalue weighted by Gasteiger charge is -2.19. The molecule has 2 nitrogen and oxygen atoms in total. The fourth-order valence-electron chi connectivity index (χ4n) is 1.80. The summed E-state index contributed by atoms with van der Waals surface area (Å²) in [6.07, 6.45) is -3.35. The van der Waals surface area contributed by atoms with Crippen LogP contribution in [-0.4, -0.2) is 25.9 Å². The van der Waals surface area contributed by atoms with Crippen molar-refractivity contribution in [1.29, 1.82) is 0 Å². The summed E-state index contributed by atoms with van der Waals surface area (Å²) in [7, 11) is 0. The fraction of sp³-hybridized carbons (Fsp3) is 0.733. The molecule has 1 N–H and O–H groups in total. The molecular formula is C15H24F3NOS. The number of hydrogen-bond donors (Lipinski definition) is 1. The number of alkyl halides is 3. The molecule has 21 heavy (non-hydrogen) atoms. The molecule has 0 spiro atoms. The van der Waals surface area contributed by atoms with Gasteiger partial charge in [0.05, 0.1) is 12.6 Å². The summed E-state index contributed by atoms with van der Waals surface area (Å²) < 4.78 is 41.4. The number of ether oxygens (including phenoxy) is 1. The molecule has 122 valence electrons. The van der Waals surface area contributed by atoms with E-state index in [1.807, 2.05) is 19.1 Å². The van der Waals surface area contributed by atoms with E-state index in [1.54, 1.807) is 11.3 Å². The third-order valence-electron chi connectivity index (χ3n) is 2.90. The van der Waals surface area contributed by atoms with Crippen LogP contribution in [0.2, 0.25) is 0 Å². The predicted molar refractivity (Wildman–Crippen MR) is 80.9 cm³/mol. The minimum absolute atomic E-state index is 0.0314. The van der Waals surface area contributed by atoms with Gasteiger partial charge >= 0.3 is 6.18 Å². The lowest BCUT2D eigenvalue weighted by Crippen LogP contribution is -2.28. The van der Waals surface area contributed by atoms with E-state index in [1.165, 1.54) is 4.88 Å². The van der Waals surface area contributed by atoms with Crippen molar-refractivity contribution in [3.8, 4) is 0 Å². The Kier molecular flexibility index (Phi) is 6.69. The van der Waals surface area contributed by atoms with Crippen molar-refractivity contribution >= 4 is 11.3 Å². The normalized spacial score (nSPS) is 14.4. The van der Waals surface area contributed by atoms with E-state index in [0.29, 0.717) is 0 Å². The van der Waals surface area contributed by atoms with Gasteiger partial charge in [-0.25, -0.2) is 0 Å². The van der Waals surface area contributed by atoms with Crippen LogP contribution >= 0.6 is 11.3 Å². The van der Waals surface area contributed by atoms with Gasteiger partial charge in [0.15, 0.2) is 0 Å². The molecule has 0 aliphatic rings. The Labute approximate surface area is 128 Å². The van der Waals surface area contributed by atoms with Gasteiger partial charge in [0, 0.05) is 9.75 Å². The van der Waals surface area contributed by atoms with Crippen LogP contribution in [0.1, 0.15) is 49.9 Å². The third kappa shape index (κ3) is 6.80. The van der Waals surface area contributed by atoms with Crippen molar-refractivity contribution in [2.75, 3.05) is 19.8 Å². The smallest absolute Gasteiger partial charge is 0.370 e. The number of thiophene rings is 1. The maximum Gasteiger partial charge on any atom is 0.411 e. The molecule has 6 heteroatoms. The summed E-state index contributed by atoms with van der Waals surface area (Å²) in [6, 6.07) is 3.84. The van der Waals surface area contributed by atoms with E-state index in [0.717, 1.165) is 17.8 Å². The molecule has 1 rings (SSSR count). The van der Waals surface area contributed by atoms with E-state index in [9.17, 15) is 13.2 Å². The number of hydrogen-bond acceptors (Lipinski definition) is 3. The summed E-state index contributed by atoms with van der Waals surface area (Å²) in [5.41, 5.74) is 0.0467. The molecule has 0 bridgehead atoms. The SMILES string of the molecule is CCCNC(COCC(F)(F)F)c1ccc(C(C)(C)C)s1.